The van der Waals surface area contributed by atoms with Crippen LogP contribution in [0.5, 0.6) is 0 Å². The van der Waals surface area contributed by atoms with Gasteiger partial charge in [0.25, 0.3) is 0 Å². The van der Waals surface area contributed by atoms with Crippen LogP contribution in [-0.2, 0) is 6.54 Å². The summed E-state index contributed by atoms with van der Waals surface area (Å²) in [6, 6.07) is 5.70. The van der Waals surface area contributed by atoms with Gasteiger partial charge in [0.05, 0.1) is 5.69 Å². The highest BCUT2D eigenvalue weighted by molar-refractivity contribution is 5.02. The van der Waals surface area contributed by atoms with E-state index in [1.54, 1.807) is 6.20 Å². The van der Waals surface area contributed by atoms with Crippen LogP contribution in [0.4, 0.5) is 0 Å². The molecular weight excluding hydrogens is 114 g/mol. The smallest absolute Gasteiger partial charge is 0.0539 e. The molecule has 0 fully saturated rings. The highest BCUT2D eigenvalue weighted by atomic mass is 14.7. The van der Waals surface area contributed by atoms with Gasteiger partial charge >= 0.3 is 0 Å². The molecule has 3 heteroatoms. The van der Waals surface area contributed by atoms with E-state index in [4.69, 9.17) is 5.73 Å². The standard InChI is InChI=1S/C6H8N2.H3N/c7-5-6-3-1-2-4-8-6;/h1-4H,5,7H2;1H3. The Morgan fingerprint density at radius 1 is 1.44 bits per heavy atom. The summed E-state index contributed by atoms with van der Waals surface area (Å²) in [5.41, 5.74) is 6.22. The summed E-state index contributed by atoms with van der Waals surface area (Å²) >= 11 is 0. The lowest BCUT2D eigenvalue weighted by atomic mass is 10.4. The van der Waals surface area contributed by atoms with E-state index in [2.05, 4.69) is 4.98 Å². The highest BCUT2D eigenvalue weighted by Crippen LogP contribution is 1.88. The van der Waals surface area contributed by atoms with Crippen molar-refractivity contribution in [3.63, 3.8) is 0 Å². The van der Waals surface area contributed by atoms with E-state index >= 15 is 0 Å². The Hall–Kier alpha value is -0.930. The largest absolute Gasteiger partial charge is 0.344 e. The Balaban J connectivity index is 0.000000640. The van der Waals surface area contributed by atoms with Gasteiger partial charge in [-0.05, 0) is 12.1 Å². The number of hydrogen-bond donors (Lipinski definition) is 2. The molecule has 0 unspecified atom stereocenters. The van der Waals surface area contributed by atoms with Crippen LogP contribution in [-0.4, -0.2) is 4.98 Å². The number of nitrogens with zero attached hydrogens (tertiary/aromatic N) is 1. The van der Waals surface area contributed by atoms with Gasteiger partial charge < -0.3 is 11.9 Å². The summed E-state index contributed by atoms with van der Waals surface area (Å²) in [6.45, 7) is 0.529. The molecule has 50 valence electrons. The Morgan fingerprint density at radius 2 is 2.22 bits per heavy atom. The minimum Gasteiger partial charge on any atom is -0.344 e. The average molecular weight is 125 g/mol. The van der Waals surface area contributed by atoms with Gasteiger partial charge in [0.15, 0.2) is 0 Å². The van der Waals surface area contributed by atoms with Crippen molar-refractivity contribution in [3.05, 3.63) is 30.1 Å². The third-order valence-electron chi connectivity index (χ3n) is 0.935. The second-order valence-corrected chi connectivity index (χ2v) is 1.53. The molecule has 3 nitrogen and oxygen atoms in total. The van der Waals surface area contributed by atoms with Gasteiger partial charge in [-0.1, -0.05) is 6.07 Å². The maximum absolute atomic E-state index is 5.29. The van der Waals surface area contributed by atoms with Gasteiger partial charge in [0, 0.05) is 12.7 Å². The van der Waals surface area contributed by atoms with E-state index in [0.29, 0.717) is 6.54 Å². The number of aromatic nitrogens is 1. The first-order valence-corrected chi connectivity index (χ1v) is 2.53. The minimum atomic E-state index is 0. The lowest BCUT2D eigenvalue weighted by Gasteiger charge is -1.89. The summed E-state index contributed by atoms with van der Waals surface area (Å²) < 4.78 is 0. The fraction of sp³-hybridized carbons (Fsp3) is 0.167. The molecule has 1 aromatic rings. The molecule has 0 aliphatic heterocycles. The van der Waals surface area contributed by atoms with Crippen molar-refractivity contribution in [1.82, 2.24) is 11.1 Å². The summed E-state index contributed by atoms with van der Waals surface area (Å²) in [5.74, 6) is 0. The monoisotopic (exact) mass is 125 g/mol. The number of nitrogens with two attached hydrogens (primary N) is 1. The second-order valence-electron chi connectivity index (χ2n) is 1.53. The van der Waals surface area contributed by atoms with Gasteiger partial charge in [-0.25, -0.2) is 0 Å². The molecule has 9 heavy (non-hydrogen) atoms. The molecule has 0 aliphatic rings. The minimum absolute atomic E-state index is 0. The summed E-state index contributed by atoms with van der Waals surface area (Å²) in [4.78, 5) is 3.97. The second kappa shape index (κ2) is 4.00. The molecule has 1 rings (SSSR count). The third kappa shape index (κ3) is 2.21. The average Bonchev–Trinajstić information content (AvgIpc) is 1.90. The fourth-order valence-corrected chi connectivity index (χ4v) is 0.519. The van der Waals surface area contributed by atoms with Crippen molar-refractivity contribution < 1.29 is 0 Å². The third-order valence-corrected chi connectivity index (χ3v) is 0.935. The van der Waals surface area contributed by atoms with Crippen LogP contribution in [0.25, 0.3) is 0 Å². The maximum Gasteiger partial charge on any atom is 0.0539 e. The molecule has 0 amide bonds. The van der Waals surface area contributed by atoms with Crippen LogP contribution >= 0.6 is 0 Å². The molecule has 0 saturated carbocycles. The summed E-state index contributed by atoms with van der Waals surface area (Å²) in [6.07, 6.45) is 1.74. The predicted molar refractivity (Wildman–Crippen MR) is 37.2 cm³/mol. The molecule has 0 bridgehead atoms. The van der Waals surface area contributed by atoms with Crippen LogP contribution in [0.1, 0.15) is 5.69 Å². The molecule has 1 heterocycles. The number of hydrogen-bond acceptors (Lipinski definition) is 3. The van der Waals surface area contributed by atoms with Crippen molar-refractivity contribution >= 4 is 0 Å². The van der Waals surface area contributed by atoms with Crippen molar-refractivity contribution in [2.45, 2.75) is 6.54 Å². The van der Waals surface area contributed by atoms with Crippen LogP contribution in [0.2, 0.25) is 0 Å². The van der Waals surface area contributed by atoms with Crippen molar-refractivity contribution in [2.24, 2.45) is 5.73 Å². The Kier molecular flexibility index (Phi) is 3.59. The quantitative estimate of drug-likeness (QED) is 0.580. The lowest BCUT2D eigenvalue weighted by Crippen LogP contribution is -1.97. The molecule has 0 aliphatic carbocycles. The van der Waals surface area contributed by atoms with E-state index in [0.717, 1.165) is 5.69 Å². The SMILES string of the molecule is N.NCc1ccccn1. The Bertz CT molecular complexity index is 150. The van der Waals surface area contributed by atoms with Gasteiger partial charge in [0.1, 0.15) is 0 Å². The first-order chi connectivity index (χ1) is 3.93. The van der Waals surface area contributed by atoms with Crippen LogP contribution in [0.3, 0.4) is 0 Å². The molecule has 0 saturated heterocycles. The first kappa shape index (κ1) is 8.07. The highest BCUT2D eigenvalue weighted by Gasteiger charge is 1.81. The van der Waals surface area contributed by atoms with Crippen molar-refractivity contribution in [3.8, 4) is 0 Å². The van der Waals surface area contributed by atoms with Crippen LogP contribution < -0.4 is 11.9 Å². The zero-order valence-electron chi connectivity index (χ0n) is 5.25. The molecular formula is C6H11N3. The Morgan fingerprint density at radius 3 is 2.56 bits per heavy atom. The molecule has 0 radical (unpaired) electrons. The molecule has 0 spiro atoms. The summed E-state index contributed by atoms with van der Waals surface area (Å²) in [7, 11) is 0. The van der Waals surface area contributed by atoms with Crippen LogP contribution in [0.15, 0.2) is 24.4 Å². The van der Waals surface area contributed by atoms with E-state index in [1.807, 2.05) is 18.2 Å². The topological polar surface area (TPSA) is 73.9 Å². The summed E-state index contributed by atoms with van der Waals surface area (Å²) in [5, 5.41) is 0. The van der Waals surface area contributed by atoms with E-state index < -0.39 is 0 Å². The molecule has 0 aromatic carbocycles. The van der Waals surface area contributed by atoms with Gasteiger partial charge in [0.2, 0.25) is 0 Å². The predicted octanol–water partition coefficient (Wildman–Crippen LogP) is 0.702. The molecule has 0 atom stereocenters. The van der Waals surface area contributed by atoms with Crippen molar-refractivity contribution in [2.75, 3.05) is 0 Å². The number of rotatable bonds is 1. The fourth-order valence-electron chi connectivity index (χ4n) is 0.519. The first-order valence-electron chi connectivity index (χ1n) is 2.53. The van der Waals surface area contributed by atoms with Gasteiger partial charge in [-0.2, -0.15) is 0 Å². The maximum atomic E-state index is 5.29. The Labute approximate surface area is 54.5 Å². The van der Waals surface area contributed by atoms with E-state index in [1.165, 1.54) is 0 Å². The molecule has 1 aromatic heterocycles. The van der Waals surface area contributed by atoms with Crippen LogP contribution in [0, 0.1) is 0 Å². The van der Waals surface area contributed by atoms with Crippen molar-refractivity contribution in [1.29, 1.82) is 0 Å². The lowest BCUT2D eigenvalue weighted by molar-refractivity contribution is 0.991. The normalized spacial score (nSPS) is 8.11. The van der Waals surface area contributed by atoms with E-state index in [9.17, 15) is 0 Å². The van der Waals surface area contributed by atoms with E-state index in [-0.39, 0.29) is 6.15 Å². The van der Waals surface area contributed by atoms with Gasteiger partial charge in [-0.15, -0.1) is 0 Å². The zero-order valence-corrected chi connectivity index (χ0v) is 5.25. The zero-order chi connectivity index (χ0) is 5.82. The number of pyridine rings is 1. The van der Waals surface area contributed by atoms with Gasteiger partial charge in [-0.3, -0.25) is 4.98 Å². The molecule has 5 N–H and O–H groups in total.